The van der Waals surface area contributed by atoms with Crippen molar-refractivity contribution in [2.45, 2.75) is 32.4 Å². The summed E-state index contributed by atoms with van der Waals surface area (Å²) < 4.78 is 0. The van der Waals surface area contributed by atoms with Gasteiger partial charge in [0.1, 0.15) is 6.54 Å². The highest BCUT2D eigenvalue weighted by atomic mass is 16.2. The van der Waals surface area contributed by atoms with Gasteiger partial charge in [-0.1, -0.05) is 42.0 Å². The van der Waals surface area contributed by atoms with E-state index in [1.807, 2.05) is 43.3 Å². The van der Waals surface area contributed by atoms with Gasteiger partial charge >= 0.3 is 0 Å². The number of amides is 3. The number of hydrogen-bond donors (Lipinski definition) is 1. The minimum absolute atomic E-state index is 0.166. The van der Waals surface area contributed by atoms with E-state index in [0.29, 0.717) is 11.4 Å². The Morgan fingerprint density at radius 3 is 2.38 bits per heavy atom. The Balaban J connectivity index is 1.45. The van der Waals surface area contributed by atoms with Crippen LogP contribution in [0.4, 0.5) is 11.4 Å². The van der Waals surface area contributed by atoms with E-state index in [4.69, 9.17) is 0 Å². The first-order valence-corrected chi connectivity index (χ1v) is 9.48. The smallest absolute Gasteiger partial charge is 0.263 e. The molecule has 1 saturated heterocycles. The lowest BCUT2D eigenvalue weighted by atomic mass is 10.1. The SMILES string of the molecule is CCc1ccc(NC(=O)CN2N=N[C@@H]3C(=O)N(c4ccc(C)cc4)C(=O)[C@@H]32)cc1. The van der Waals surface area contributed by atoms with E-state index in [-0.39, 0.29) is 12.5 Å². The van der Waals surface area contributed by atoms with E-state index in [2.05, 4.69) is 22.6 Å². The summed E-state index contributed by atoms with van der Waals surface area (Å²) in [6, 6.07) is 12.8. The van der Waals surface area contributed by atoms with E-state index >= 15 is 0 Å². The number of fused-ring (bicyclic) bond motifs is 1. The van der Waals surface area contributed by atoms with Crippen molar-refractivity contribution in [1.29, 1.82) is 0 Å². The third-order valence-electron chi connectivity index (χ3n) is 5.10. The number of hydrogen-bond acceptors (Lipinski definition) is 6. The molecular weight excluding hydrogens is 370 g/mol. The molecule has 2 heterocycles. The molecule has 0 spiro atoms. The Morgan fingerprint density at radius 2 is 1.72 bits per heavy atom. The van der Waals surface area contributed by atoms with E-state index in [1.165, 1.54) is 10.6 Å². The molecule has 1 fully saturated rings. The van der Waals surface area contributed by atoms with Gasteiger partial charge in [0.15, 0.2) is 12.1 Å². The average molecular weight is 391 g/mol. The van der Waals surface area contributed by atoms with Crippen LogP contribution in [0.25, 0.3) is 0 Å². The summed E-state index contributed by atoms with van der Waals surface area (Å²) in [6.07, 6.45) is 0.916. The number of carbonyl (C=O) groups excluding carboxylic acids is 3. The van der Waals surface area contributed by atoms with Gasteiger partial charge in [-0.15, -0.1) is 0 Å². The first-order valence-electron chi connectivity index (χ1n) is 9.48. The highest BCUT2D eigenvalue weighted by molar-refractivity contribution is 6.25. The van der Waals surface area contributed by atoms with Crippen molar-refractivity contribution in [1.82, 2.24) is 5.01 Å². The second-order valence-corrected chi connectivity index (χ2v) is 7.14. The Morgan fingerprint density at radius 1 is 1.03 bits per heavy atom. The molecule has 1 N–H and O–H groups in total. The van der Waals surface area contributed by atoms with Crippen molar-refractivity contribution in [3.63, 3.8) is 0 Å². The lowest BCUT2D eigenvalue weighted by Gasteiger charge is -2.20. The van der Waals surface area contributed by atoms with Crippen LogP contribution >= 0.6 is 0 Å². The van der Waals surface area contributed by atoms with Crippen LogP contribution in [0.15, 0.2) is 58.9 Å². The number of anilines is 2. The van der Waals surface area contributed by atoms with Crippen LogP contribution in [-0.4, -0.2) is 41.4 Å². The van der Waals surface area contributed by atoms with Gasteiger partial charge < -0.3 is 5.32 Å². The summed E-state index contributed by atoms with van der Waals surface area (Å²) in [5, 5.41) is 11.9. The molecule has 2 aliphatic rings. The number of aryl methyl sites for hydroxylation is 2. The van der Waals surface area contributed by atoms with Crippen molar-refractivity contribution in [2.75, 3.05) is 16.8 Å². The zero-order valence-electron chi connectivity index (χ0n) is 16.2. The third kappa shape index (κ3) is 3.49. The molecule has 2 aromatic carbocycles. The van der Waals surface area contributed by atoms with Gasteiger partial charge in [-0.3, -0.25) is 19.4 Å². The molecule has 0 saturated carbocycles. The fraction of sp³-hybridized carbons (Fsp3) is 0.286. The predicted octanol–water partition coefficient (Wildman–Crippen LogP) is 2.49. The van der Waals surface area contributed by atoms with Gasteiger partial charge in [-0.25, -0.2) is 4.90 Å². The van der Waals surface area contributed by atoms with Crippen LogP contribution in [-0.2, 0) is 20.8 Å². The predicted molar refractivity (Wildman–Crippen MR) is 107 cm³/mol. The molecule has 0 aliphatic carbocycles. The zero-order valence-corrected chi connectivity index (χ0v) is 16.2. The second kappa shape index (κ2) is 7.46. The van der Waals surface area contributed by atoms with Gasteiger partial charge in [0.2, 0.25) is 5.91 Å². The van der Waals surface area contributed by atoms with Gasteiger partial charge in [-0.05, 0) is 43.2 Å². The van der Waals surface area contributed by atoms with Crippen molar-refractivity contribution in [2.24, 2.45) is 10.3 Å². The van der Waals surface area contributed by atoms with E-state index < -0.39 is 23.9 Å². The molecule has 3 amide bonds. The highest BCUT2D eigenvalue weighted by Gasteiger charge is 2.55. The van der Waals surface area contributed by atoms with Gasteiger partial charge in [0, 0.05) is 5.69 Å². The van der Waals surface area contributed by atoms with Crippen LogP contribution < -0.4 is 10.2 Å². The Hall–Kier alpha value is -3.55. The molecule has 29 heavy (non-hydrogen) atoms. The first kappa shape index (κ1) is 18.8. The molecule has 8 heteroatoms. The fourth-order valence-corrected chi connectivity index (χ4v) is 3.47. The molecule has 0 bridgehead atoms. The van der Waals surface area contributed by atoms with E-state index in [0.717, 1.165) is 16.9 Å². The monoisotopic (exact) mass is 391 g/mol. The van der Waals surface area contributed by atoms with Crippen molar-refractivity contribution >= 4 is 29.1 Å². The van der Waals surface area contributed by atoms with Gasteiger partial charge in [0.25, 0.3) is 11.8 Å². The summed E-state index contributed by atoms with van der Waals surface area (Å²) in [6.45, 7) is 3.82. The number of rotatable bonds is 5. The van der Waals surface area contributed by atoms with Gasteiger partial charge in [-0.2, -0.15) is 5.11 Å². The lowest BCUT2D eigenvalue weighted by molar-refractivity contribution is -0.123. The first-order chi connectivity index (χ1) is 14.0. The highest BCUT2D eigenvalue weighted by Crippen LogP contribution is 2.31. The number of imide groups is 1. The van der Waals surface area contributed by atoms with E-state index in [1.54, 1.807) is 12.1 Å². The van der Waals surface area contributed by atoms with Crippen molar-refractivity contribution in [3.05, 3.63) is 59.7 Å². The topological polar surface area (TPSA) is 94.4 Å². The molecule has 0 aromatic heterocycles. The van der Waals surface area contributed by atoms with Crippen LogP contribution in [0.3, 0.4) is 0 Å². The maximum atomic E-state index is 12.9. The summed E-state index contributed by atoms with van der Waals surface area (Å²) in [7, 11) is 0. The van der Waals surface area contributed by atoms with Gasteiger partial charge in [0.05, 0.1) is 5.69 Å². The number of nitrogens with zero attached hydrogens (tertiary/aromatic N) is 4. The molecular formula is C21H21N5O3. The van der Waals surface area contributed by atoms with Crippen molar-refractivity contribution in [3.8, 4) is 0 Å². The molecule has 0 radical (unpaired) electrons. The van der Waals surface area contributed by atoms with Crippen molar-refractivity contribution < 1.29 is 14.4 Å². The normalized spacial score (nSPS) is 20.3. The molecule has 2 aromatic rings. The molecule has 0 unspecified atom stereocenters. The molecule has 2 aliphatic heterocycles. The zero-order chi connectivity index (χ0) is 20.5. The minimum atomic E-state index is -0.916. The molecule has 2 atom stereocenters. The summed E-state index contributed by atoms with van der Waals surface area (Å²) in [5.41, 5.74) is 3.36. The van der Waals surface area contributed by atoms with Crippen LogP contribution in [0, 0.1) is 6.92 Å². The Bertz CT molecular complexity index is 984. The maximum absolute atomic E-state index is 12.9. The summed E-state index contributed by atoms with van der Waals surface area (Å²) in [5.74, 6) is -1.18. The average Bonchev–Trinajstić information content (AvgIpc) is 3.23. The number of carbonyl (C=O) groups is 3. The molecule has 8 nitrogen and oxygen atoms in total. The lowest BCUT2D eigenvalue weighted by Crippen LogP contribution is -2.43. The third-order valence-corrected chi connectivity index (χ3v) is 5.10. The largest absolute Gasteiger partial charge is 0.324 e. The molecule has 4 rings (SSSR count). The number of nitrogens with one attached hydrogen (secondary N) is 1. The summed E-state index contributed by atoms with van der Waals surface area (Å²) >= 11 is 0. The second-order valence-electron chi connectivity index (χ2n) is 7.14. The fourth-order valence-electron chi connectivity index (χ4n) is 3.47. The van der Waals surface area contributed by atoms with Crippen LogP contribution in [0.1, 0.15) is 18.1 Å². The number of benzene rings is 2. The quantitative estimate of drug-likeness (QED) is 0.793. The van der Waals surface area contributed by atoms with E-state index in [9.17, 15) is 14.4 Å². The molecule has 148 valence electrons. The summed E-state index contributed by atoms with van der Waals surface area (Å²) in [4.78, 5) is 39.2. The Kier molecular flexibility index (Phi) is 4.84. The van der Waals surface area contributed by atoms with Crippen LogP contribution in [0.2, 0.25) is 0 Å². The minimum Gasteiger partial charge on any atom is -0.324 e. The Labute approximate surface area is 168 Å². The van der Waals surface area contributed by atoms with Crippen LogP contribution in [0.5, 0.6) is 0 Å². The maximum Gasteiger partial charge on any atom is 0.263 e. The standard InChI is InChI=1S/C21H21N5O3/c1-3-14-6-8-15(9-7-14)22-17(27)12-25-19-18(23-24-25)20(28)26(21(19)29)16-10-4-13(2)5-11-16/h4-11,18-19H,3,12H2,1-2H3,(H,22,27)/t18-,19+/m0/s1.